The molecule has 0 fully saturated rings. The van der Waals surface area contributed by atoms with Gasteiger partial charge in [-0.25, -0.2) is 4.99 Å². The predicted octanol–water partition coefficient (Wildman–Crippen LogP) is 4.37. The summed E-state index contributed by atoms with van der Waals surface area (Å²) in [4.78, 5) is 6.91. The van der Waals surface area contributed by atoms with Crippen molar-refractivity contribution < 1.29 is 0 Å². The first kappa shape index (κ1) is 17.2. The maximum Gasteiger partial charge on any atom is 0.198 e. The molecule has 4 heteroatoms. The second-order valence-corrected chi connectivity index (χ2v) is 5.55. The average Bonchev–Trinajstić information content (AvgIpc) is 2.57. The smallest absolute Gasteiger partial charge is 0.198 e. The summed E-state index contributed by atoms with van der Waals surface area (Å²) in [5.41, 5.74) is 2.19. The number of hydrogen-bond acceptors (Lipinski definition) is 1. The molecule has 0 unspecified atom stereocenters. The van der Waals surface area contributed by atoms with Gasteiger partial charge in [0.15, 0.2) is 5.11 Å². The highest BCUT2D eigenvalue weighted by atomic mass is 32.1. The molecule has 0 atom stereocenters. The fourth-order valence-electron chi connectivity index (χ4n) is 2.38. The van der Waals surface area contributed by atoms with E-state index < -0.39 is 0 Å². The number of para-hydroxylation sites is 1. The fourth-order valence-corrected chi connectivity index (χ4v) is 2.60. The Morgan fingerprint density at radius 3 is 2.09 bits per heavy atom. The first-order valence-electron chi connectivity index (χ1n) is 7.95. The second kappa shape index (κ2) is 9.06. The third-order valence-corrected chi connectivity index (χ3v) is 3.78. The molecule has 0 saturated heterocycles. The Kier molecular flexibility index (Phi) is 6.76. The third-order valence-electron chi connectivity index (χ3n) is 3.59. The van der Waals surface area contributed by atoms with E-state index in [0.717, 1.165) is 31.0 Å². The van der Waals surface area contributed by atoms with E-state index in [2.05, 4.69) is 53.3 Å². The molecule has 120 valence electrons. The topological polar surface area (TPSA) is 27.6 Å². The van der Waals surface area contributed by atoms with E-state index in [1.54, 1.807) is 0 Å². The summed E-state index contributed by atoms with van der Waals surface area (Å²) in [6, 6.07) is 20.3. The van der Waals surface area contributed by atoms with Crippen molar-refractivity contribution in [3.05, 3.63) is 66.2 Å². The third kappa shape index (κ3) is 5.49. The quantitative estimate of drug-likeness (QED) is 0.503. The molecular weight excluding hydrogens is 302 g/mol. The van der Waals surface area contributed by atoms with Gasteiger partial charge < -0.3 is 10.2 Å². The Morgan fingerprint density at radius 2 is 1.52 bits per heavy atom. The zero-order chi connectivity index (χ0) is 16.5. The van der Waals surface area contributed by atoms with Crippen LogP contribution in [0.1, 0.15) is 19.4 Å². The van der Waals surface area contributed by atoms with Crippen molar-refractivity contribution in [3.63, 3.8) is 0 Å². The summed E-state index contributed by atoms with van der Waals surface area (Å²) in [7, 11) is 0. The fraction of sp³-hybridized carbons (Fsp3) is 0.263. The molecule has 2 rings (SSSR count). The summed E-state index contributed by atoms with van der Waals surface area (Å²) < 4.78 is 0. The van der Waals surface area contributed by atoms with Crippen LogP contribution in [-0.2, 0) is 6.42 Å². The van der Waals surface area contributed by atoms with Crippen LogP contribution in [0, 0.1) is 0 Å². The van der Waals surface area contributed by atoms with Crippen LogP contribution >= 0.6 is 12.2 Å². The lowest BCUT2D eigenvalue weighted by molar-refractivity contribution is 0.459. The number of aliphatic imine (C=N–C) groups is 1. The van der Waals surface area contributed by atoms with Gasteiger partial charge in [0.2, 0.25) is 0 Å². The van der Waals surface area contributed by atoms with Gasteiger partial charge in [-0.3, -0.25) is 0 Å². The van der Waals surface area contributed by atoms with Crippen molar-refractivity contribution in [1.82, 2.24) is 4.90 Å². The zero-order valence-corrected chi connectivity index (χ0v) is 14.5. The van der Waals surface area contributed by atoms with E-state index in [0.29, 0.717) is 5.11 Å². The summed E-state index contributed by atoms with van der Waals surface area (Å²) in [6.07, 6.45) is 0.777. The van der Waals surface area contributed by atoms with Crippen LogP contribution in [0.3, 0.4) is 0 Å². The molecule has 0 bridgehead atoms. The second-order valence-electron chi connectivity index (χ2n) is 5.16. The zero-order valence-electron chi connectivity index (χ0n) is 13.7. The Bertz CT molecular complexity index is 634. The number of benzene rings is 2. The molecule has 2 aromatic carbocycles. The monoisotopic (exact) mass is 325 g/mol. The Hall–Kier alpha value is -2.20. The average molecular weight is 325 g/mol. The standard InChI is InChI=1S/C19H23N3S/c1-3-22(4-2)18(15-16-11-7-5-8-12-16)21-19(23)20-17-13-9-6-10-14-17/h5-14H,3-4,15H2,1-2H3,(H,20,23)/b21-18+. The SMILES string of the molecule is CCN(CC)/C(Cc1ccccc1)=N/C(=S)Nc1ccccc1. The van der Waals surface area contributed by atoms with Gasteiger partial charge in [-0.15, -0.1) is 0 Å². The van der Waals surface area contributed by atoms with Gasteiger partial charge in [-0.05, 0) is 43.8 Å². The summed E-state index contributed by atoms with van der Waals surface area (Å²) >= 11 is 5.42. The molecule has 0 aliphatic rings. The number of rotatable bonds is 5. The lowest BCUT2D eigenvalue weighted by atomic mass is 10.1. The minimum absolute atomic E-state index is 0.494. The van der Waals surface area contributed by atoms with E-state index >= 15 is 0 Å². The van der Waals surface area contributed by atoms with Crippen LogP contribution in [0.5, 0.6) is 0 Å². The van der Waals surface area contributed by atoms with Crippen molar-refractivity contribution >= 4 is 28.9 Å². The normalized spacial score (nSPS) is 11.1. The van der Waals surface area contributed by atoms with Gasteiger partial charge in [0, 0.05) is 25.2 Å². The molecule has 0 aliphatic heterocycles. The highest BCUT2D eigenvalue weighted by Gasteiger charge is 2.10. The van der Waals surface area contributed by atoms with Gasteiger partial charge >= 0.3 is 0 Å². The molecule has 2 aromatic rings. The van der Waals surface area contributed by atoms with Crippen molar-refractivity contribution in [2.24, 2.45) is 4.99 Å². The first-order chi connectivity index (χ1) is 11.2. The molecular formula is C19H23N3S. The van der Waals surface area contributed by atoms with Crippen LogP contribution in [0.2, 0.25) is 0 Å². The molecule has 23 heavy (non-hydrogen) atoms. The van der Waals surface area contributed by atoms with E-state index in [1.165, 1.54) is 5.56 Å². The van der Waals surface area contributed by atoms with Gasteiger partial charge in [0.1, 0.15) is 5.84 Å². The highest BCUT2D eigenvalue weighted by molar-refractivity contribution is 7.80. The minimum Gasteiger partial charge on any atom is -0.360 e. The highest BCUT2D eigenvalue weighted by Crippen LogP contribution is 2.08. The lowest BCUT2D eigenvalue weighted by Gasteiger charge is -2.23. The molecule has 1 N–H and O–H groups in total. The lowest BCUT2D eigenvalue weighted by Crippen LogP contribution is -2.33. The molecule has 0 aromatic heterocycles. The van der Waals surface area contributed by atoms with Crippen molar-refractivity contribution in [2.45, 2.75) is 20.3 Å². The predicted molar refractivity (Wildman–Crippen MR) is 103 cm³/mol. The molecule has 0 radical (unpaired) electrons. The number of anilines is 1. The summed E-state index contributed by atoms with van der Waals surface area (Å²) in [5, 5.41) is 3.67. The van der Waals surface area contributed by atoms with Crippen LogP contribution in [0.25, 0.3) is 0 Å². The van der Waals surface area contributed by atoms with Crippen molar-refractivity contribution in [2.75, 3.05) is 18.4 Å². The van der Waals surface area contributed by atoms with Crippen LogP contribution in [-0.4, -0.2) is 28.9 Å². The molecule has 0 spiro atoms. The molecule has 0 aliphatic carbocycles. The number of amidine groups is 1. The van der Waals surface area contributed by atoms with Crippen LogP contribution in [0.4, 0.5) is 5.69 Å². The van der Waals surface area contributed by atoms with Crippen LogP contribution in [0.15, 0.2) is 65.7 Å². The Labute approximate surface area is 144 Å². The summed E-state index contributed by atoms with van der Waals surface area (Å²) in [6.45, 7) is 6.10. The van der Waals surface area contributed by atoms with E-state index in [4.69, 9.17) is 12.2 Å². The molecule has 0 heterocycles. The number of hydrogen-bond donors (Lipinski definition) is 1. The van der Waals surface area contributed by atoms with Crippen molar-refractivity contribution in [3.8, 4) is 0 Å². The Balaban J connectivity index is 2.16. The maximum atomic E-state index is 5.42. The van der Waals surface area contributed by atoms with Gasteiger partial charge in [0.05, 0.1) is 0 Å². The number of thiocarbonyl (C=S) groups is 1. The molecule has 0 saturated carbocycles. The summed E-state index contributed by atoms with van der Waals surface area (Å²) in [5.74, 6) is 0.995. The number of likely N-dealkylation sites (N-methyl/N-ethyl adjacent to an activating group) is 1. The van der Waals surface area contributed by atoms with Gasteiger partial charge in [-0.2, -0.15) is 0 Å². The number of nitrogens with zero attached hydrogens (tertiary/aromatic N) is 2. The van der Waals surface area contributed by atoms with Gasteiger partial charge in [-0.1, -0.05) is 48.5 Å². The van der Waals surface area contributed by atoms with E-state index in [-0.39, 0.29) is 0 Å². The molecule has 0 amide bonds. The van der Waals surface area contributed by atoms with Gasteiger partial charge in [0.25, 0.3) is 0 Å². The van der Waals surface area contributed by atoms with Crippen LogP contribution < -0.4 is 5.32 Å². The van der Waals surface area contributed by atoms with Crippen molar-refractivity contribution in [1.29, 1.82) is 0 Å². The van der Waals surface area contributed by atoms with E-state index in [9.17, 15) is 0 Å². The minimum atomic E-state index is 0.494. The largest absolute Gasteiger partial charge is 0.360 e. The van der Waals surface area contributed by atoms with E-state index in [1.807, 2.05) is 36.4 Å². The first-order valence-corrected chi connectivity index (χ1v) is 8.36. The maximum absolute atomic E-state index is 5.42. The molecule has 3 nitrogen and oxygen atoms in total. The Morgan fingerprint density at radius 1 is 0.957 bits per heavy atom. The number of nitrogens with one attached hydrogen (secondary N) is 1.